The van der Waals surface area contributed by atoms with Crippen LogP contribution in [0.4, 0.5) is 16.2 Å². The average molecular weight is 443 g/mol. The molecular weight excluding hydrogens is 412 g/mol. The van der Waals surface area contributed by atoms with Gasteiger partial charge in [-0.15, -0.1) is 0 Å². The number of carbonyl (C=O) groups excluding carboxylic acids is 4. The summed E-state index contributed by atoms with van der Waals surface area (Å²) in [5.74, 6) is -0.595. The van der Waals surface area contributed by atoms with Crippen LogP contribution in [0.1, 0.15) is 51.9 Å². The van der Waals surface area contributed by atoms with E-state index >= 15 is 0 Å². The summed E-state index contributed by atoms with van der Waals surface area (Å²) in [4.78, 5) is 52.2. The molecule has 2 unspecified atom stereocenters. The Balaban J connectivity index is 1.35. The number of amides is 5. The van der Waals surface area contributed by atoms with Gasteiger partial charge in [0.05, 0.1) is 11.3 Å². The minimum atomic E-state index is -0.771. The first-order chi connectivity index (χ1) is 15.3. The number of benzene rings is 1. The molecule has 3 aliphatic rings. The molecule has 5 amide bonds. The lowest BCUT2D eigenvalue weighted by molar-refractivity contribution is -0.143. The molecule has 32 heavy (non-hydrogen) atoms. The fraction of sp³-hybridized carbons (Fsp3) is 0.565. The Labute approximate surface area is 187 Å². The third-order valence-corrected chi connectivity index (χ3v) is 6.87. The van der Waals surface area contributed by atoms with Gasteiger partial charge in [0, 0.05) is 38.0 Å². The van der Waals surface area contributed by atoms with E-state index in [9.17, 15) is 24.3 Å². The molecule has 4 rings (SSSR count). The maximum absolute atomic E-state index is 12.9. The zero-order valence-electron chi connectivity index (χ0n) is 18.3. The van der Waals surface area contributed by atoms with Crippen LogP contribution in [0.3, 0.4) is 0 Å². The highest BCUT2D eigenvalue weighted by Crippen LogP contribution is 2.40. The lowest BCUT2D eigenvalue weighted by Crippen LogP contribution is -2.54. The molecule has 9 heteroatoms. The zero-order chi connectivity index (χ0) is 22.9. The molecule has 0 radical (unpaired) electrons. The maximum Gasteiger partial charge on any atom is 0.329 e. The number of fused-ring (bicyclic) bond motifs is 1. The number of nitrogens with zero attached hydrogens (tertiary/aromatic N) is 2. The molecule has 1 saturated carbocycles. The minimum Gasteiger partial charge on any atom is -0.389 e. The van der Waals surface area contributed by atoms with E-state index in [1.165, 1.54) is 6.92 Å². The molecule has 0 bridgehead atoms. The van der Waals surface area contributed by atoms with Crippen LogP contribution < -0.4 is 15.5 Å². The van der Waals surface area contributed by atoms with E-state index in [2.05, 4.69) is 10.6 Å². The molecular formula is C23H30N4O5. The minimum absolute atomic E-state index is 0.0502. The number of urea groups is 1. The normalized spacial score (nSPS) is 27.7. The predicted molar refractivity (Wildman–Crippen MR) is 118 cm³/mol. The van der Waals surface area contributed by atoms with Crippen molar-refractivity contribution in [3.05, 3.63) is 24.3 Å². The Kier molecular flexibility index (Phi) is 6.19. The van der Waals surface area contributed by atoms with Gasteiger partial charge in [0.15, 0.2) is 0 Å². The van der Waals surface area contributed by atoms with Gasteiger partial charge < -0.3 is 20.6 Å². The fourth-order valence-corrected chi connectivity index (χ4v) is 5.12. The standard InChI is InChI=1S/C23H30N4O5/c1-15(28)24-17-6-4-7-18(13-17)27-21(30)19(25-22(27)31)8-9-20(29)26-12-11-23(32)10-3-2-5-16(23)14-26/h4,6-7,13,16,19,32H,2-3,5,8-12,14H2,1H3,(H,24,28)(H,25,31)/t16?,19-,23?/m1/s1. The quantitative estimate of drug-likeness (QED) is 0.603. The summed E-state index contributed by atoms with van der Waals surface area (Å²) in [5, 5.41) is 16.1. The highest BCUT2D eigenvalue weighted by atomic mass is 16.3. The second-order valence-corrected chi connectivity index (χ2v) is 9.08. The van der Waals surface area contributed by atoms with E-state index in [-0.39, 0.29) is 30.6 Å². The van der Waals surface area contributed by atoms with Gasteiger partial charge in [-0.05, 0) is 43.9 Å². The fourth-order valence-electron chi connectivity index (χ4n) is 5.12. The van der Waals surface area contributed by atoms with Gasteiger partial charge in [-0.1, -0.05) is 18.9 Å². The number of carbonyl (C=O) groups is 4. The Hall–Kier alpha value is -2.94. The predicted octanol–water partition coefficient (Wildman–Crippen LogP) is 2.00. The number of hydrogen-bond acceptors (Lipinski definition) is 5. The van der Waals surface area contributed by atoms with E-state index < -0.39 is 23.6 Å². The highest BCUT2D eigenvalue weighted by molar-refractivity contribution is 6.21. The molecule has 0 spiro atoms. The molecule has 2 heterocycles. The second-order valence-electron chi connectivity index (χ2n) is 9.08. The Morgan fingerprint density at radius 3 is 2.84 bits per heavy atom. The van der Waals surface area contributed by atoms with Crippen LogP contribution in [0.2, 0.25) is 0 Å². The molecule has 3 fully saturated rings. The molecule has 1 aromatic rings. The average Bonchev–Trinajstić information content (AvgIpc) is 3.04. The molecule has 3 atom stereocenters. The number of rotatable bonds is 5. The van der Waals surface area contributed by atoms with E-state index in [1.807, 2.05) is 0 Å². The molecule has 2 saturated heterocycles. The largest absolute Gasteiger partial charge is 0.389 e. The summed E-state index contributed by atoms with van der Waals surface area (Å²) < 4.78 is 0. The molecule has 2 aliphatic heterocycles. The van der Waals surface area contributed by atoms with Gasteiger partial charge >= 0.3 is 6.03 Å². The number of piperidine rings is 1. The third kappa shape index (κ3) is 4.48. The summed E-state index contributed by atoms with van der Waals surface area (Å²) in [6, 6.07) is 5.19. The number of imide groups is 1. The second kappa shape index (κ2) is 8.90. The number of hydrogen-bond donors (Lipinski definition) is 3. The monoisotopic (exact) mass is 442 g/mol. The van der Waals surface area contributed by atoms with Crippen molar-refractivity contribution in [2.75, 3.05) is 23.3 Å². The van der Waals surface area contributed by atoms with Crippen LogP contribution in [0.25, 0.3) is 0 Å². The lowest BCUT2D eigenvalue weighted by atomic mass is 9.71. The first-order valence-corrected chi connectivity index (χ1v) is 11.3. The van der Waals surface area contributed by atoms with Crippen molar-refractivity contribution < 1.29 is 24.3 Å². The van der Waals surface area contributed by atoms with Crippen LogP contribution in [0.15, 0.2) is 24.3 Å². The molecule has 172 valence electrons. The van der Waals surface area contributed by atoms with Gasteiger partial charge in [-0.3, -0.25) is 14.4 Å². The zero-order valence-corrected chi connectivity index (χ0v) is 18.3. The molecule has 9 nitrogen and oxygen atoms in total. The van der Waals surface area contributed by atoms with Crippen molar-refractivity contribution in [3.63, 3.8) is 0 Å². The maximum atomic E-state index is 12.9. The lowest BCUT2D eigenvalue weighted by Gasteiger charge is -2.47. The van der Waals surface area contributed by atoms with Crippen molar-refractivity contribution in [1.82, 2.24) is 10.2 Å². The third-order valence-electron chi connectivity index (χ3n) is 6.87. The van der Waals surface area contributed by atoms with Crippen LogP contribution in [-0.4, -0.2) is 58.5 Å². The highest BCUT2D eigenvalue weighted by Gasteiger charge is 2.44. The van der Waals surface area contributed by atoms with Crippen LogP contribution in [0, 0.1) is 5.92 Å². The number of likely N-dealkylation sites (tertiary alicyclic amines) is 1. The number of nitrogens with one attached hydrogen (secondary N) is 2. The first kappa shape index (κ1) is 22.3. The Bertz CT molecular complexity index is 935. The van der Waals surface area contributed by atoms with E-state index in [0.29, 0.717) is 30.9 Å². The number of anilines is 2. The van der Waals surface area contributed by atoms with Crippen LogP contribution in [0.5, 0.6) is 0 Å². The van der Waals surface area contributed by atoms with Gasteiger partial charge in [0.2, 0.25) is 11.8 Å². The van der Waals surface area contributed by atoms with Crippen molar-refractivity contribution >= 4 is 35.1 Å². The summed E-state index contributed by atoms with van der Waals surface area (Å²) >= 11 is 0. The van der Waals surface area contributed by atoms with E-state index in [4.69, 9.17) is 0 Å². The Morgan fingerprint density at radius 1 is 1.25 bits per heavy atom. The molecule has 1 aromatic carbocycles. The van der Waals surface area contributed by atoms with E-state index in [0.717, 1.165) is 30.6 Å². The summed E-state index contributed by atoms with van der Waals surface area (Å²) in [7, 11) is 0. The SMILES string of the molecule is CC(=O)Nc1cccc(N2C(=O)N[C@H](CCC(=O)N3CCC4(O)CCCCC4C3)C2=O)c1. The van der Waals surface area contributed by atoms with Crippen LogP contribution in [-0.2, 0) is 14.4 Å². The Morgan fingerprint density at radius 2 is 2.06 bits per heavy atom. The summed E-state index contributed by atoms with van der Waals surface area (Å²) in [5.41, 5.74) is 0.207. The van der Waals surface area contributed by atoms with Gasteiger partial charge in [0.1, 0.15) is 6.04 Å². The first-order valence-electron chi connectivity index (χ1n) is 11.3. The molecule has 0 aromatic heterocycles. The van der Waals surface area contributed by atoms with Gasteiger partial charge in [0.25, 0.3) is 5.91 Å². The van der Waals surface area contributed by atoms with Crippen molar-refractivity contribution in [2.24, 2.45) is 5.92 Å². The van der Waals surface area contributed by atoms with Crippen LogP contribution >= 0.6 is 0 Å². The van der Waals surface area contributed by atoms with Gasteiger partial charge in [-0.25, -0.2) is 9.69 Å². The topological polar surface area (TPSA) is 119 Å². The molecule has 3 N–H and O–H groups in total. The smallest absolute Gasteiger partial charge is 0.329 e. The summed E-state index contributed by atoms with van der Waals surface area (Å²) in [6.07, 6.45) is 4.83. The molecule has 1 aliphatic carbocycles. The van der Waals surface area contributed by atoms with E-state index in [1.54, 1.807) is 29.2 Å². The number of aliphatic hydroxyl groups is 1. The van der Waals surface area contributed by atoms with Gasteiger partial charge in [-0.2, -0.15) is 0 Å². The van der Waals surface area contributed by atoms with Crippen molar-refractivity contribution in [1.29, 1.82) is 0 Å². The van der Waals surface area contributed by atoms with Crippen molar-refractivity contribution in [3.8, 4) is 0 Å². The van der Waals surface area contributed by atoms with Crippen molar-refractivity contribution in [2.45, 2.75) is 63.5 Å². The summed E-state index contributed by atoms with van der Waals surface area (Å²) in [6.45, 7) is 2.46.